The highest BCUT2D eigenvalue weighted by molar-refractivity contribution is 6.83. The number of methoxy groups -OCH3 is 1. The molecule has 1 heterocycles. The number of fused-ring (bicyclic) bond motifs is 1. The van der Waals surface area contributed by atoms with Crippen LogP contribution < -0.4 is 5.56 Å². The van der Waals surface area contributed by atoms with Gasteiger partial charge in [-0.15, -0.1) is 5.54 Å². The Bertz CT molecular complexity index is 1200. The maximum Gasteiger partial charge on any atom is 0.305 e. The van der Waals surface area contributed by atoms with Gasteiger partial charge in [-0.25, -0.2) is 9.37 Å². The van der Waals surface area contributed by atoms with Gasteiger partial charge >= 0.3 is 5.97 Å². The van der Waals surface area contributed by atoms with E-state index in [0.29, 0.717) is 48.8 Å². The highest BCUT2D eigenvalue weighted by Gasteiger charge is 2.19. The maximum atomic E-state index is 13.5. The summed E-state index contributed by atoms with van der Waals surface area (Å²) < 4.78 is 19.9. The molecule has 0 aliphatic heterocycles. The lowest BCUT2D eigenvalue weighted by molar-refractivity contribution is -0.140. The zero-order valence-electron chi connectivity index (χ0n) is 19.1. The summed E-state index contributed by atoms with van der Waals surface area (Å²) in [5.41, 5.74) is 4.64. The number of halogens is 1. The molecule has 3 rings (SSSR count). The fourth-order valence-corrected chi connectivity index (χ4v) is 4.05. The van der Waals surface area contributed by atoms with Gasteiger partial charge in [-0.1, -0.05) is 31.6 Å². The van der Waals surface area contributed by atoms with E-state index in [2.05, 4.69) is 31.1 Å². The Morgan fingerprint density at radius 1 is 1.31 bits per heavy atom. The number of esters is 1. The van der Waals surface area contributed by atoms with Gasteiger partial charge in [0.05, 0.1) is 24.1 Å². The number of hydrogen-bond donors (Lipinski definition) is 0. The van der Waals surface area contributed by atoms with Crippen LogP contribution in [0.3, 0.4) is 0 Å². The van der Waals surface area contributed by atoms with Crippen molar-refractivity contribution in [2.45, 2.75) is 57.8 Å². The number of carbonyl (C=O) groups excluding carboxylic acids is 1. The first-order valence-corrected chi connectivity index (χ1v) is 14.4. The van der Waals surface area contributed by atoms with Gasteiger partial charge in [0, 0.05) is 18.4 Å². The Morgan fingerprint density at radius 2 is 2.09 bits per heavy atom. The van der Waals surface area contributed by atoms with Crippen molar-refractivity contribution in [3.05, 3.63) is 64.0 Å². The molecule has 0 N–H and O–H groups in total. The Hall–Kier alpha value is -2.98. The van der Waals surface area contributed by atoms with E-state index in [1.807, 2.05) is 12.1 Å². The highest BCUT2D eigenvalue weighted by atomic mass is 28.3. The summed E-state index contributed by atoms with van der Waals surface area (Å²) in [4.78, 5) is 29.6. The molecule has 0 radical (unpaired) electrons. The van der Waals surface area contributed by atoms with Crippen LogP contribution in [0.25, 0.3) is 10.9 Å². The molecule has 1 aromatic heterocycles. The lowest BCUT2D eigenvalue weighted by atomic mass is 10.1. The molecule has 0 bridgehead atoms. The van der Waals surface area contributed by atoms with Gasteiger partial charge in [0.25, 0.3) is 5.56 Å². The zero-order chi connectivity index (χ0) is 23.3. The number of nitrogens with zero attached hydrogens (tertiary/aromatic N) is 2. The number of allylic oxidation sites excluding steroid dienone is 4. The van der Waals surface area contributed by atoms with Gasteiger partial charge in [0.1, 0.15) is 19.7 Å². The van der Waals surface area contributed by atoms with E-state index in [1.165, 1.54) is 19.3 Å². The minimum absolute atomic E-state index is 0.145. The van der Waals surface area contributed by atoms with E-state index in [1.54, 1.807) is 16.7 Å². The van der Waals surface area contributed by atoms with Crippen LogP contribution in [0.5, 0.6) is 0 Å². The summed E-state index contributed by atoms with van der Waals surface area (Å²) in [5.74, 6) is 3.30. The van der Waals surface area contributed by atoms with E-state index in [-0.39, 0.29) is 23.4 Å². The summed E-state index contributed by atoms with van der Waals surface area (Å²) in [6.07, 6.45) is 7.14. The van der Waals surface area contributed by atoms with Crippen LogP contribution in [0.1, 0.15) is 43.1 Å². The molecule has 0 amide bonds. The van der Waals surface area contributed by atoms with Crippen molar-refractivity contribution in [1.29, 1.82) is 0 Å². The molecule has 1 aliphatic carbocycles. The smallest absolute Gasteiger partial charge is 0.305 e. The summed E-state index contributed by atoms with van der Waals surface area (Å²) in [5, 5.41) is 0.519. The SMILES string of the molecule is COC(=O)CCCCc1nc2cc(C#C[Si](C)(C)C)ccc2c(=O)n1C1C=CC(F)=CC1. The van der Waals surface area contributed by atoms with Crippen molar-refractivity contribution in [3.8, 4) is 11.5 Å². The third kappa shape index (κ3) is 6.04. The van der Waals surface area contributed by atoms with Gasteiger partial charge in [-0.05, 0) is 49.6 Å². The lowest BCUT2D eigenvalue weighted by Crippen LogP contribution is -2.29. The van der Waals surface area contributed by atoms with E-state index in [0.717, 1.165) is 5.56 Å². The van der Waals surface area contributed by atoms with Crippen molar-refractivity contribution >= 4 is 24.9 Å². The summed E-state index contributed by atoms with van der Waals surface area (Å²) >= 11 is 0. The zero-order valence-corrected chi connectivity index (χ0v) is 20.1. The van der Waals surface area contributed by atoms with Crippen LogP contribution in [-0.4, -0.2) is 30.7 Å². The van der Waals surface area contributed by atoms with Crippen LogP contribution in [-0.2, 0) is 16.0 Å². The average Bonchev–Trinajstić information content (AvgIpc) is 2.75. The molecule has 0 spiro atoms. The fourth-order valence-electron chi connectivity index (χ4n) is 3.53. The number of aromatic nitrogens is 2. The van der Waals surface area contributed by atoms with E-state index < -0.39 is 8.07 Å². The van der Waals surface area contributed by atoms with Crippen molar-refractivity contribution in [3.63, 3.8) is 0 Å². The standard InChI is InChI=1S/C25H29FN2O3Si/c1-31-24(29)8-6-5-7-23-27-22-17-18(15-16-32(2,3)4)9-14-21(22)25(30)28(23)20-12-10-19(26)11-13-20/h9-12,14,17,20H,5-8,13H2,1-4H3. The van der Waals surface area contributed by atoms with Gasteiger partial charge in [0.2, 0.25) is 0 Å². The second-order valence-corrected chi connectivity index (χ2v) is 13.7. The number of unbranched alkanes of at least 4 members (excludes halogenated alkanes) is 1. The number of benzene rings is 1. The molecule has 0 fully saturated rings. The molecule has 7 heteroatoms. The first kappa shape index (κ1) is 23.7. The summed E-state index contributed by atoms with van der Waals surface area (Å²) in [6, 6.07) is 5.21. The predicted molar refractivity (Wildman–Crippen MR) is 128 cm³/mol. The third-order valence-corrected chi connectivity index (χ3v) is 6.05. The maximum absolute atomic E-state index is 13.5. The lowest BCUT2D eigenvalue weighted by Gasteiger charge is -2.21. The molecule has 1 atom stereocenters. The van der Waals surface area contributed by atoms with Crippen molar-refractivity contribution in [2.24, 2.45) is 0 Å². The normalized spacial score (nSPS) is 15.8. The molecule has 1 aliphatic rings. The molecule has 0 saturated carbocycles. The molecule has 5 nitrogen and oxygen atoms in total. The quantitative estimate of drug-likeness (QED) is 0.272. The minimum Gasteiger partial charge on any atom is -0.469 e. The highest BCUT2D eigenvalue weighted by Crippen LogP contribution is 2.24. The number of rotatable bonds is 6. The number of ether oxygens (including phenoxy) is 1. The van der Waals surface area contributed by atoms with Crippen molar-refractivity contribution in [1.82, 2.24) is 9.55 Å². The van der Waals surface area contributed by atoms with E-state index >= 15 is 0 Å². The predicted octanol–water partition coefficient (Wildman–Crippen LogP) is 4.87. The molecule has 32 heavy (non-hydrogen) atoms. The summed E-state index contributed by atoms with van der Waals surface area (Å²) in [6.45, 7) is 6.54. The van der Waals surface area contributed by atoms with Crippen LogP contribution >= 0.6 is 0 Å². The number of hydrogen-bond acceptors (Lipinski definition) is 4. The van der Waals surface area contributed by atoms with Crippen molar-refractivity contribution in [2.75, 3.05) is 7.11 Å². The second kappa shape index (κ2) is 10.1. The topological polar surface area (TPSA) is 61.2 Å². The van der Waals surface area contributed by atoms with Gasteiger partial charge in [-0.3, -0.25) is 14.2 Å². The van der Waals surface area contributed by atoms with Crippen LogP contribution in [0.4, 0.5) is 4.39 Å². The first-order chi connectivity index (χ1) is 15.2. The number of carbonyl (C=O) groups is 1. The van der Waals surface area contributed by atoms with Gasteiger partial charge in [0.15, 0.2) is 0 Å². The molecular formula is C25H29FN2O3Si. The molecule has 168 valence electrons. The largest absolute Gasteiger partial charge is 0.469 e. The number of aryl methyl sites for hydroxylation is 1. The van der Waals surface area contributed by atoms with Crippen LogP contribution in [0.2, 0.25) is 19.6 Å². The molecular weight excluding hydrogens is 423 g/mol. The van der Waals surface area contributed by atoms with E-state index in [4.69, 9.17) is 9.72 Å². The first-order valence-electron chi connectivity index (χ1n) is 10.9. The molecule has 1 aromatic carbocycles. The monoisotopic (exact) mass is 452 g/mol. The third-order valence-electron chi connectivity index (χ3n) is 5.18. The van der Waals surface area contributed by atoms with Crippen LogP contribution in [0, 0.1) is 11.5 Å². The Kier molecular flexibility index (Phi) is 7.47. The second-order valence-electron chi connectivity index (χ2n) is 8.97. The van der Waals surface area contributed by atoms with Crippen LogP contribution in [0.15, 0.2) is 47.0 Å². The Balaban J connectivity index is 2.01. The van der Waals surface area contributed by atoms with Gasteiger partial charge < -0.3 is 4.74 Å². The minimum atomic E-state index is -1.53. The van der Waals surface area contributed by atoms with E-state index in [9.17, 15) is 14.0 Å². The molecule has 1 unspecified atom stereocenters. The van der Waals surface area contributed by atoms with Gasteiger partial charge in [-0.2, -0.15) is 0 Å². The summed E-state index contributed by atoms with van der Waals surface area (Å²) in [7, 11) is -0.159. The average molecular weight is 453 g/mol. The Morgan fingerprint density at radius 3 is 2.75 bits per heavy atom. The Labute approximate surface area is 189 Å². The van der Waals surface area contributed by atoms with Crippen molar-refractivity contribution < 1.29 is 13.9 Å². The molecule has 0 saturated heterocycles. The molecule has 2 aromatic rings. The fraction of sp³-hybridized carbons (Fsp3) is 0.400.